The van der Waals surface area contributed by atoms with E-state index >= 15 is 0 Å². The maximum Gasteiger partial charge on any atom is 0.253 e. The summed E-state index contributed by atoms with van der Waals surface area (Å²) < 4.78 is 5.56. The minimum Gasteiger partial charge on any atom is -0.495 e. The lowest BCUT2D eigenvalue weighted by Crippen LogP contribution is -2.49. The van der Waals surface area contributed by atoms with Gasteiger partial charge in [0.15, 0.2) is 0 Å². The molecule has 5 heteroatoms. The summed E-state index contributed by atoms with van der Waals surface area (Å²) in [6.45, 7) is 3.07. The SMILES string of the molecule is COc1ccccc1N1CCN(C(=O)c2ccc3c(c2)[C@@H]2[C@H]4CC[C@@H](C4)[C@@H]2[C@H](c2ccccc2)N3)CC1. The summed E-state index contributed by atoms with van der Waals surface area (Å²) in [7, 11) is 1.71. The van der Waals surface area contributed by atoms with Gasteiger partial charge in [-0.05, 0) is 84.4 Å². The van der Waals surface area contributed by atoms with Crippen molar-refractivity contribution >= 4 is 17.3 Å². The van der Waals surface area contributed by atoms with Crippen LogP contribution < -0.4 is 15.0 Å². The highest BCUT2D eigenvalue weighted by Crippen LogP contribution is 2.63. The van der Waals surface area contributed by atoms with E-state index in [1.54, 1.807) is 7.11 Å². The Bertz CT molecular complexity index is 1300. The Morgan fingerprint density at radius 1 is 0.892 bits per heavy atom. The quantitative estimate of drug-likeness (QED) is 0.488. The second kappa shape index (κ2) is 9.13. The van der Waals surface area contributed by atoms with Gasteiger partial charge in [-0.15, -0.1) is 0 Å². The Labute approximate surface area is 219 Å². The van der Waals surface area contributed by atoms with Crippen molar-refractivity contribution in [1.82, 2.24) is 4.90 Å². The lowest BCUT2D eigenvalue weighted by atomic mass is 9.68. The van der Waals surface area contributed by atoms with Crippen LogP contribution in [0.25, 0.3) is 0 Å². The van der Waals surface area contributed by atoms with Crippen LogP contribution in [0.15, 0.2) is 72.8 Å². The largest absolute Gasteiger partial charge is 0.495 e. The van der Waals surface area contributed by atoms with E-state index in [0.29, 0.717) is 17.9 Å². The molecule has 37 heavy (non-hydrogen) atoms. The van der Waals surface area contributed by atoms with Crippen LogP contribution in [-0.4, -0.2) is 44.1 Å². The number of fused-ring (bicyclic) bond motifs is 7. The number of para-hydroxylation sites is 2. The number of anilines is 2. The highest BCUT2D eigenvalue weighted by atomic mass is 16.5. The molecule has 2 aliphatic heterocycles. The zero-order valence-electron chi connectivity index (χ0n) is 21.5. The molecule has 1 N–H and O–H groups in total. The maximum atomic E-state index is 13.7. The van der Waals surface area contributed by atoms with E-state index in [1.165, 1.54) is 36.1 Å². The first-order valence-electron chi connectivity index (χ1n) is 13.8. The van der Waals surface area contributed by atoms with Gasteiger partial charge in [-0.25, -0.2) is 0 Å². The fourth-order valence-corrected chi connectivity index (χ4v) is 7.83. The van der Waals surface area contributed by atoms with Crippen LogP contribution in [0.1, 0.15) is 52.7 Å². The number of carbonyl (C=O) groups excluding carboxylic acids is 1. The van der Waals surface area contributed by atoms with E-state index in [-0.39, 0.29) is 5.91 Å². The van der Waals surface area contributed by atoms with Crippen molar-refractivity contribution in [2.45, 2.75) is 31.2 Å². The molecule has 3 aromatic rings. The molecule has 3 fully saturated rings. The molecule has 0 aromatic heterocycles. The smallest absolute Gasteiger partial charge is 0.253 e. The average Bonchev–Trinajstić information content (AvgIpc) is 3.60. The van der Waals surface area contributed by atoms with Gasteiger partial charge in [0.2, 0.25) is 0 Å². The number of carbonyl (C=O) groups is 1. The summed E-state index contributed by atoms with van der Waals surface area (Å²) in [5.74, 6) is 3.74. The zero-order valence-corrected chi connectivity index (χ0v) is 21.5. The standard InChI is InChI=1S/C32H35N3O2/c1-37-28-10-6-5-9-27(28)34-15-17-35(18-16-34)32(36)24-13-14-26-25(20-24)29-22-11-12-23(19-22)30(29)31(33-26)21-7-3-2-4-8-21/h2-10,13-14,20,22-23,29-31,33H,11-12,15-19H2,1H3/t22-,23-,29-,30-,31-/m0/s1. The van der Waals surface area contributed by atoms with Crippen LogP contribution >= 0.6 is 0 Å². The predicted octanol–water partition coefficient (Wildman–Crippen LogP) is 5.95. The summed E-state index contributed by atoms with van der Waals surface area (Å²) >= 11 is 0. The summed E-state index contributed by atoms with van der Waals surface area (Å²) in [6.07, 6.45) is 4.01. The van der Waals surface area contributed by atoms with Crippen molar-refractivity contribution in [3.05, 3.63) is 89.5 Å². The zero-order chi connectivity index (χ0) is 24.9. The molecule has 4 aliphatic rings. The van der Waals surface area contributed by atoms with E-state index in [0.717, 1.165) is 55.0 Å². The fourth-order valence-electron chi connectivity index (χ4n) is 7.83. The van der Waals surface area contributed by atoms with Crippen LogP contribution in [0.4, 0.5) is 11.4 Å². The number of rotatable bonds is 4. The number of amides is 1. The molecule has 190 valence electrons. The Balaban J connectivity index is 1.12. The molecule has 3 aromatic carbocycles. The minimum absolute atomic E-state index is 0.160. The van der Waals surface area contributed by atoms with Crippen molar-refractivity contribution in [3.8, 4) is 5.75 Å². The highest BCUT2D eigenvalue weighted by Gasteiger charge is 2.53. The van der Waals surface area contributed by atoms with Gasteiger partial charge in [-0.1, -0.05) is 42.5 Å². The van der Waals surface area contributed by atoms with E-state index in [4.69, 9.17) is 4.74 Å². The Morgan fingerprint density at radius 3 is 2.46 bits per heavy atom. The molecule has 2 aliphatic carbocycles. The molecule has 5 atom stereocenters. The first-order chi connectivity index (χ1) is 18.2. The van der Waals surface area contributed by atoms with Gasteiger partial charge < -0.3 is 19.9 Å². The molecule has 0 spiro atoms. The molecule has 5 nitrogen and oxygen atoms in total. The lowest BCUT2D eigenvalue weighted by molar-refractivity contribution is 0.0746. The third kappa shape index (κ3) is 3.78. The van der Waals surface area contributed by atoms with Gasteiger partial charge in [-0.3, -0.25) is 4.79 Å². The van der Waals surface area contributed by atoms with E-state index < -0.39 is 0 Å². The van der Waals surface area contributed by atoms with Gasteiger partial charge in [0, 0.05) is 37.4 Å². The van der Waals surface area contributed by atoms with Crippen LogP contribution in [0.2, 0.25) is 0 Å². The van der Waals surface area contributed by atoms with E-state index in [1.807, 2.05) is 29.2 Å². The number of methoxy groups -OCH3 is 1. The predicted molar refractivity (Wildman–Crippen MR) is 147 cm³/mol. The Kier molecular flexibility index (Phi) is 5.60. The van der Waals surface area contributed by atoms with Crippen LogP contribution in [-0.2, 0) is 0 Å². The molecular formula is C32H35N3O2. The third-order valence-corrected chi connectivity index (χ3v) is 9.49. The molecule has 2 bridgehead atoms. The van der Waals surface area contributed by atoms with E-state index in [9.17, 15) is 4.79 Å². The van der Waals surface area contributed by atoms with Crippen LogP contribution in [0, 0.1) is 17.8 Å². The summed E-state index contributed by atoms with van der Waals surface area (Å²) in [6, 6.07) is 25.9. The van der Waals surface area contributed by atoms with Gasteiger partial charge in [0.1, 0.15) is 5.75 Å². The number of hydrogen-bond acceptors (Lipinski definition) is 4. The molecule has 1 amide bonds. The minimum atomic E-state index is 0.160. The third-order valence-electron chi connectivity index (χ3n) is 9.49. The summed E-state index contributed by atoms with van der Waals surface area (Å²) in [5, 5.41) is 3.91. The average molecular weight is 494 g/mol. The highest BCUT2D eigenvalue weighted by molar-refractivity contribution is 5.95. The molecule has 0 unspecified atom stereocenters. The maximum absolute atomic E-state index is 13.7. The molecule has 1 saturated heterocycles. The lowest BCUT2D eigenvalue weighted by Gasteiger charge is -2.44. The Morgan fingerprint density at radius 2 is 1.65 bits per heavy atom. The molecule has 2 heterocycles. The Hall–Kier alpha value is -3.47. The van der Waals surface area contributed by atoms with Crippen molar-refractivity contribution in [2.24, 2.45) is 17.8 Å². The monoisotopic (exact) mass is 493 g/mol. The van der Waals surface area contributed by atoms with Gasteiger partial charge in [0.25, 0.3) is 5.91 Å². The molecular weight excluding hydrogens is 458 g/mol. The van der Waals surface area contributed by atoms with Gasteiger partial charge in [-0.2, -0.15) is 0 Å². The van der Waals surface area contributed by atoms with Crippen molar-refractivity contribution in [3.63, 3.8) is 0 Å². The first kappa shape index (κ1) is 22.7. The second-order valence-corrected chi connectivity index (χ2v) is 11.2. The first-order valence-corrected chi connectivity index (χ1v) is 13.8. The van der Waals surface area contributed by atoms with Crippen LogP contribution in [0.5, 0.6) is 5.75 Å². The van der Waals surface area contributed by atoms with E-state index in [2.05, 4.69) is 58.7 Å². The number of ether oxygens (including phenoxy) is 1. The number of hydrogen-bond donors (Lipinski definition) is 1. The summed E-state index contributed by atoms with van der Waals surface area (Å²) in [5.41, 5.74) is 5.94. The normalized spacial score (nSPS) is 27.9. The molecule has 7 rings (SSSR count). The van der Waals surface area contributed by atoms with Gasteiger partial charge >= 0.3 is 0 Å². The molecule has 2 saturated carbocycles. The second-order valence-electron chi connectivity index (χ2n) is 11.2. The number of benzene rings is 3. The van der Waals surface area contributed by atoms with Crippen LogP contribution in [0.3, 0.4) is 0 Å². The van der Waals surface area contributed by atoms with Crippen molar-refractivity contribution in [2.75, 3.05) is 43.5 Å². The topological polar surface area (TPSA) is 44.8 Å². The number of nitrogens with zero attached hydrogens (tertiary/aromatic N) is 2. The van der Waals surface area contributed by atoms with Crippen molar-refractivity contribution in [1.29, 1.82) is 0 Å². The number of nitrogens with one attached hydrogen (secondary N) is 1. The number of piperazine rings is 1. The van der Waals surface area contributed by atoms with Crippen molar-refractivity contribution < 1.29 is 9.53 Å². The fraction of sp³-hybridized carbons (Fsp3) is 0.406. The molecule has 0 radical (unpaired) electrons. The summed E-state index contributed by atoms with van der Waals surface area (Å²) in [4.78, 5) is 18.0. The van der Waals surface area contributed by atoms with Gasteiger partial charge in [0.05, 0.1) is 18.8 Å².